The van der Waals surface area contributed by atoms with Crippen LogP contribution < -0.4 is 10.1 Å². The number of hydrogen-bond acceptors (Lipinski definition) is 4. The average molecular weight is 179 g/mol. The fraction of sp³-hybridized carbons (Fsp3) is 0.556. The molecule has 0 bridgehead atoms. The van der Waals surface area contributed by atoms with Crippen LogP contribution in [0.5, 0.6) is 5.88 Å². The van der Waals surface area contributed by atoms with Crippen LogP contribution in [-0.4, -0.2) is 24.1 Å². The lowest BCUT2D eigenvalue weighted by Gasteiger charge is -2.09. The van der Waals surface area contributed by atoms with Gasteiger partial charge >= 0.3 is 0 Å². The van der Waals surface area contributed by atoms with E-state index >= 15 is 0 Å². The smallest absolute Gasteiger partial charge is 0.240 e. The Labute approximate surface area is 77.4 Å². The molecule has 0 saturated heterocycles. The van der Waals surface area contributed by atoms with E-state index in [1.165, 1.54) is 12.8 Å². The number of nitrogens with zero attached hydrogens (tertiary/aromatic N) is 2. The number of aromatic nitrogens is 2. The maximum atomic E-state index is 5.14. The molecule has 0 atom stereocenters. The van der Waals surface area contributed by atoms with Crippen molar-refractivity contribution in [1.82, 2.24) is 9.97 Å². The van der Waals surface area contributed by atoms with Gasteiger partial charge in [-0.15, -0.1) is 0 Å². The van der Waals surface area contributed by atoms with Crippen LogP contribution in [0.25, 0.3) is 0 Å². The zero-order valence-corrected chi connectivity index (χ0v) is 7.87. The molecule has 0 unspecified atom stereocenters. The quantitative estimate of drug-likeness (QED) is 0.762. The number of hydrogen-bond donors (Lipinski definition) is 1. The van der Waals surface area contributed by atoms with Crippen LogP contribution >= 0.6 is 0 Å². The van der Waals surface area contributed by atoms with Gasteiger partial charge in [0.2, 0.25) is 5.88 Å². The first-order valence-corrected chi connectivity index (χ1v) is 4.43. The fourth-order valence-corrected chi connectivity index (χ4v) is 1.44. The SMILES string of the molecule is CNc1c(OC)ncnc1C1CC1. The lowest BCUT2D eigenvalue weighted by molar-refractivity contribution is 0.398. The second kappa shape index (κ2) is 3.20. The second-order valence-electron chi connectivity index (χ2n) is 3.17. The lowest BCUT2D eigenvalue weighted by Crippen LogP contribution is -2.02. The van der Waals surface area contributed by atoms with Crippen molar-refractivity contribution in [3.8, 4) is 5.88 Å². The highest BCUT2D eigenvalue weighted by Crippen LogP contribution is 2.43. The zero-order chi connectivity index (χ0) is 9.26. The van der Waals surface area contributed by atoms with E-state index in [4.69, 9.17) is 4.74 Å². The number of methoxy groups -OCH3 is 1. The highest BCUT2D eigenvalue weighted by Gasteiger charge is 2.29. The van der Waals surface area contributed by atoms with Crippen molar-refractivity contribution >= 4 is 5.69 Å². The molecule has 1 fully saturated rings. The third-order valence-electron chi connectivity index (χ3n) is 2.25. The summed E-state index contributed by atoms with van der Waals surface area (Å²) in [6.45, 7) is 0. The van der Waals surface area contributed by atoms with Crippen molar-refractivity contribution in [3.63, 3.8) is 0 Å². The van der Waals surface area contributed by atoms with E-state index in [1.54, 1.807) is 13.4 Å². The minimum Gasteiger partial charge on any atom is -0.479 e. The van der Waals surface area contributed by atoms with Gasteiger partial charge in [-0.25, -0.2) is 4.98 Å². The van der Waals surface area contributed by atoms with E-state index in [1.807, 2.05) is 7.05 Å². The summed E-state index contributed by atoms with van der Waals surface area (Å²) in [5.41, 5.74) is 2.03. The Bertz CT molecular complexity index is 310. The average Bonchev–Trinajstić information content (AvgIpc) is 2.99. The van der Waals surface area contributed by atoms with Gasteiger partial charge in [0.05, 0.1) is 12.8 Å². The molecule has 0 amide bonds. The fourth-order valence-electron chi connectivity index (χ4n) is 1.44. The molecule has 1 aliphatic carbocycles. The first-order chi connectivity index (χ1) is 6.36. The summed E-state index contributed by atoms with van der Waals surface area (Å²) in [7, 11) is 3.49. The predicted molar refractivity (Wildman–Crippen MR) is 50.1 cm³/mol. The molecule has 0 aliphatic heterocycles. The maximum absolute atomic E-state index is 5.14. The van der Waals surface area contributed by atoms with Crippen molar-refractivity contribution in [1.29, 1.82) is 0 Å². The number of anilines is 1. The minimum atomic E-state index is 0.611. The molecule has 70 valence electrons. The Morgan fingerprint density at radius 2 is 2.23 bits per heavy atom. The number of ether oxygens (including phenoxy) is 1. The zero-order valence-electron chi connectivity index (χ0n) is 7.87. The van der Waals surface area contributed by atoms with Crippen molar-refractivity contribution in [2.75, 3.05) is 19.5 Å². The van der Waals surface area contributed by atoms with Gasteiger partial charge in [0.15, 0.2) is 0 Å². The molecule has 1 aliphatic rings. The Kier molecular flexibility index (Phi) is 2.04. The van der Waals surface area contributed by atoms with Crippen molar-refractivity contribution in [2.24, 2.45) is 0 Å². The summed E-state index contributed by atoms with van der Waals surface area (Å²) in [5.74, 6) is 1.25. The van der Waals surface area contributed by atoms with Crippen molar-refractivity contribution in [3.05, 3.63) is 12.0 Å². The Morgan fingerprint density at radius 3 is 2.77 bits per heavy atom. The van der Waals surface area contributed by atoms with Crippen LogP contribution in [0.1, 0.15) is 24.5 Å². The molecule has 2 rings (SSSR count). The van der Waals surface area contributed by atoms with Gasteiger partial charge in [0.1, 0.15) is 12.0 Å². The minimum absolute atomic E-state index is 0.611. The van der Waals surface area contributed by atoms with E-state index < -0.39 is 0 Å². The first-order valence-electron chi connectivity index (χ1n) is 4.43. The molecule has 1 saturated carbocycles. The molecule has 0 aromatic carbocycles. The molecular formula is C9H13N3O. The van der Waals surface area contributed by atoms with Gasteiger partial charge in [-0.1, -0.05) is 0 Å². The molecule has 1 N–H and O–H groups in total. The summed E-state index contributed by atoms with van der Waals surface area (Å²) in [6.07, 6.45) is 4.02. The number of nitrogens with one attached hydrogen (secondary N) is 1. The summed E-state index contributed by atoms with van der Waals surface area (Å²) < 4.78 is 5.14. The molecule has 1 aromatic heterocycles. The second-order valence-corrected chi connectivity index (χ2v) is 3.17. The van der Waals surface area contributed by atoms with Crippen molar-refractivity contribution in [2.45, 2.75) is 18.8 Å². The van der Waals surface area contributed by atoms with Crippen LogP contribution in [0, 0.1) is 0 Å². The van der Waals surface area contributed by atoms with E-state index in [0.29, 0.717) is 11.8 Å². The third-order valence-corrected chi connectivity index (χ3v) is 2.25. The van der Waals surface area contributed by atoms with E-state index in [0.717, 1.165) is 11.4 Å². The largest absolute Gasteiger partial charge is 0.479 e. The van der Waals surface area contributed by atoms with Gasteiger partial charge in [0, 0.05) is 13.0 Å². The van der Waals surface area contributed by atoms with E-state index in [9.17, 15) is 0 Å². The third kappa shape index (κ3) is 1.43. The Balaban J connectivity index is 2.41. The molecular weight excluding hydrogens is 166 g/mol. The summed E-state index contributed by atoms with van der Waals surface area (Å²) in [6, 6.07) is 0. The molecule has 1 aromatic rings. The van der Waals surface area contributed by atoms with Gasteiger partial charge < -0.3 is 10.1 Å². The maximum Gasteiger partial charge on any atom is 0.240 e. The molecule has 4 nitrogen and oxygen atoms in total. The van der Waals surface area contributed by atoms with Gasteiger partial charge in [-0.3, -0.25) is 0 Å². The van der Waals surface area contributed by atoms with Crippen molar-refractivity contribution < 1.29 is 4.74 Å². The van der Waals surface area contributed by atoms with Crippen LogP contribution in [0.15, 0.2) is 6.33 Å². The number of rotatable bonds is 3. The van der Waals surface area contributed by atoms with Gasteiger partial charge in [0.25, 0.3) is 0 Å². The summed E-state index contributed by atoms with van der Waals surface area (Å²) in [5, 5.41) is 3.09. The van der Waals surface area contributed by atoms with Gasteiger partial charge in [-0.2, -0.15) is 4.98 Å². The van der Waals surface area contributed by atoms with Crippen LogP contribution in [-0.2, 0) is 0 Å². The molecule has 1 heterocycles. The van der Waals surface area contributed by atoms with E-state index in [2.05, 4.69) is 15.3 Å². The normalized spacial score (nSPS) is 15.5. The standard InChI is InChI=1S/C9H13N3O/c1-10-8-7(6-3-4-6)11-5-12-9(8)13-2/h5-6,10H,3-4H2,1-2H3. The van der Waals surface area contributed by atoms with Gasteiger partial charge in [-0.05, 0) is 12.8 Å². The Hall–Kier alpha value is -1.32. The first kappa shape index (κ1) is 8.29. The summed E-state index contributed by atoms with van der Waals surface area (Å²) in [4.78, 5) is 8.31. The highest BCUT2D eigenvalue weighted by atomic mass is 16.5. The van der Waals surface area contributed by atoms with Crippen LogP contribution in [0.4, 0.5) is 5.69 Å². The lowest BCUT2D eigenvalue weighted by atomic mass is 10.2. The van der Waals surface area contributed by atoms with E-state index in [-0.39, 0.29) is 0 Å². The monoisotopic (exact) mass is 179 g/mol. The predicted octanol–water partition coefficient (Wildman–Crippen LogP) is 1.40. The topological polar surface area (TPSA) is 47.0 Å². The molecule has 13 heavy (non-hydrogen) atoms. The Morgan fingerprint density at radius 1 is 1.46 bits per heavy atom. The highest BCUT2D eigenvalue weighted by molar-refractivity contribution is 5.57. The van der Waals surface area contributed by atoms with Crippen LogP contribution in [0.2, 0.25) is 0 Å². The summed E-state index contributed by atoms with van der Waals surface area (Å²) >= 11 is 0. The molecule has 0 radical (unpaired) electrons. The molecule has 4 heteroatoms. The molecule has 0 spiro atoms. The van der Waals surface area contributed by atoms with Crippen LogP contribution in [0.3, 0.4) is 0 Å².